The van der Waals surface area contributed by atoms with E-state index in [2.05, 4.69) is 26.0 Å². The Labute approximate surface area is 161 Å². The van der Waals surface area contributed by atoms with Gasteiger partial charge in [0.25, 0.3) is 0 Å². The molecule has 0 fully saturated rings. The van der Waals surface area contributed by atoms with Crippen LogP contribution >= 0.6 is 27.7 Å². The number of benzene rings is 1. The molecule has 1 aromatic rings. The second-order valence-electron chi connectivity index (χ2n) is 6.41. The minimum Gasteiger partial charge on any atom is -0.405 e. The first-order valence-corrected chi connectivity index (χ1v) is 10.1. The molecule has 0 saturated carbocycles. The molecule has 1 aliphatic carbocycles. The first kappa shape index (κ1) is 18.0. The van der Waals surface area contributed by atoms with Crippen LogP contribution < -0.4 is 10.1 Å². The lowest BCUT2D eigenvalue weighted by Crippen LogP contribution is -2.30. The Bertz CT molecular complexity index is 847. The van der Waals surface area contributed by atoms with Crippen LogP contribution in [0.15, 0.2) is 44.5 Å². The van der Waals surface area contributed by atoms with Crippen molar-refractivity contribution < 1.29 is 22.7 Å². The van der Waals surface area contributed by atoms with E-state index in [-0.39, 0.29) is 21.9 Å². The van der Waals surface area contributed by atoms with Gasteiger partial charge in [-0.25, -0.2) is 0 Å². The fraction of sp³-hybridized carbons (Fsp3) is 0.389. The second kappa shape index (κ2) is 6.64. The molecule has 0 aromatic heterocycles. The second-order valence-corrected chi connectivity index (χ2v) is 8.40. The molecule has 1 atom stereocenters. The predicted octanol–water partition coefficient (Wildman–Crippen LogP) is 5.39. The summed E-state index contributed by atoms with van der Waals surface area (Å²) in [6.45, 7) is 0. The van der Waals surface area contributed by atoms with E-state index in [1.165, 1.54) is 6.07 Å². The minimum atomic E-state index is -4.77. The summed E-state index contributed by atoms with van der Waals surface area (Å²) < 4.78 is 42.5. The topological polar surface area (TPSA) is 38.3 Å². The summed E-state index contributed by atoms with van der Waals surface area (Å²) in [5, 5.41) is 3.41. The van der Waals surface area contributed by atoms with Gasteiger partial charge in [-0.05, 0) is 52.9 Å². The Kier molecular flexibility index (Phi) is 4.59. The average molecular weight is 446 g/mol. The molecule has 0 saturated heterocycles. The van der Waals surface area contributed by atoms with Crippen molar-refractivity contribution >= 4 is 33.5 Å². The number of carbonyl (C=O) groups excluding carboxylic acids is 1. The highest BCUT2D eigenvalue weighted by Gasteiger charge is 2.39. The molecule has 2 aliphatic heterocycles. The zero-order valence-corrected chi connectivity index (χ0v) is 16.0. The summed E-state index contributed by atoms with van der Waals surface area (Å²) in [7, 11) is 0. The molecule has 2 heterocycles. The summed E-state index contributed by atoms with van der Waals surface area (Å²) in [6, 6.07) is 4.70. The number of ether oxygens (including phenoxy) is 1. The van der Waals surface area contributed by atoms with Crippen LogP contribution in [0.4, 0.5) is 13.2 Å². The van der Waals surface area contributed by atoms with Gasteiger partial charge in [0.1, 0.15) is 5.75 Å². The molecule has 0 bridgehead atoms. The van der Waals surface area contributed by atoms with Crippen molar-refractivity contribution in [3.05, 3.63) is 50.1 Å². The number of halogens is 4. The van der Waals surface area contributed by atoms with Crippen molar-refractivity contribution in [2.24, 2.45) is 0 Å². The Hall–Kier alpha value is -1.41. The van der Waals surface area contributed by atoms with E-state index < -0.39 is 6.36 Å². The lowest BCUT2D eigenvalue weighted by atomic mass is 9.79. The number of allylic oxidation sites excluding steroid dienone is 4. The van der Waals surface area contributed by atoms with E-state index >= 15 is 0 Å². The maximum Gasteiger partial charge on any atom is 0.573 e. The summed E-state index contributed by atoms with van der Waals surface area (Å²) in [6.07, 6.45) is -1.82. The summed E-state index contributed by atoms with van der Waals surface area (Å²) in [4.78, 5) is 13.7. The number of dihydropyridines is 1. The Morgan fingerprint density at radius 3 is 2.77 bits per heavy atom. The average Bonchev–Trinajstić information content (AvgIpc) is 3.02. The quantitative estimate of drug-likeness (QED) is 0.661. The number of rotatable bonds is 2. The number of carbonyl (C=O) groups is 1. The van der Waals surface area contributed by atoms with Gasteiger partial charge in [0, 0.05) is 40.0 Å². The van der Waals surface area contributed by atoms with Gasteiger partial charge in [0.2, 0.25) is 0 Å². The SMILES string of the molecule is O=C1CCCC2=C1C(c1ccc(Br)c(OC(F)(F)F)c1)C1=C(CCS1)N2. The monoisotopic (exact) mass is 445 g/mol. The molecule has 0 radical (unpaired) electrons. The van der Waals surface area contributed by atoms with Crippen LogP contribution in [0.25, 0.3) is 0 Å². The van der Waals surface area contributed by atoms with E-state index in [1.807, 2.05) is 0 Å². The van der Waals surface area contributed by atoms with Gasteiger partial charge in [-0.15, -0.1) is 24.9 Å². The van der Waals surface area contributed by atoms with Gasteiger partial charge < -0.3 is 10.1 Å². The molecule has 26 heavy (non-hydrogen) atoms. The summed E-state index contributed by atoms with van der Waals surface area (Å²) >= 11 is 4.78. The predicted molar refractivity (Wildman–Crippen MR) is 96.7 cm³/mol. The van der Waals surface area contributed by atoms with Gasteiger partial charge in [-0.2, -0.15) is 0 Å². The van der Waals surface area contributed by atoms with Crippen LogP contribution in [0.1, 0.15) is 37.2 Å². The van der Waals surface area contributed by atoms with E-state index in [9.17, 15) is 18.0 Å². The largest absolute Gasteiger partial charge is 0.573 e. The normalized spacial score (nSPS) is 22.9. The lowest BCUT2D eigenvalue weighted by Gasteiger charge is -2.33. The third-order valence-electron chi connectivity index (χ3n) is 4.73. The number of ketones is 1. The van der Waals surface area contributed by atoms with E-state index in [0.717, 1.165) is 41.3 Å². The van der Waals surface area contributed by atoms with Gasteiger partial charge in [-0.3, -0.25) is 4.79 Å². The molecule has 8 heteroatoms. The number of nitrogens with one attached hydrogen (secondary N) is 1. The fourth-order valence-electron chi connectivity index (χ4n) is 3.72. The highest BCUT2D eigenvalue weighted by molar-refractivity contribution is 9.10. The fourth-order valence-corrected chi connectivity index (χ4v) is 5.32. The highest BCUT2D eigenvalue weighted by Crippen LogP contribution is 2.50. The maximum atomic E-state index is 12.7. The minimum absolute atomic E-state index is 0.0732. The van der Waals surface area contributed by atoms with Crippen LogP contribution in [0.3, 0.4) is 0 Å². The maximum absolute atomic E-state index is 12.7. The van der Waals surface area contributed by atoms with E-state index in [0.29, 0.717) is 17.6 Å². The molecule has 1 aromatic carbocycles. The smallest absolute Gasteiger partial charge is 0.405 e. The molecule has 1 unspecified atom stereocenters. The van der Waals surface area contributed by atoms with Crippen LogP contribution in [0.2, 0.25) is 0 Å². The number of thioether (sulfide) groups is 1. The van der Waals surface area contributed by atoms with Crippen LogP contribution in [0.5, 0.6) is 5.75 Å². The molecule has 4 rings (SSSR count). The van der Waals surface area contributed by atoms with E-state index in [1.54, 1.807) is 23.9 Å². The van der Waals surface area contributed by atoms with Gasteiger partial charge in [-0.1, -0.05) is 6.07 Å². The lowest BCUT2D eigenvalue weighted by molar-refractivity contribution is -0.274. The van der Waals surface area contributed by atoms with Crippen LogP contribution in [-0.2, 0) is 4.79 Å². The highest BCUT2D eigenvalue weighted by atomic mass is 79.9. The van der Waals surface area contributed by atoms with Crippen molar-refractivity contribution in [2.45, 2.75) is 38.0 Å². The molecule has 138 valence electrons. The Morgan fingerprint density at radius 2 is 2.00 bits per heavy atom. The molecular formula is C18H15BrF3NO2S. The van der Waals surface area contributed by atoms with Crippen molar-refractivity contribution in [1.29, 1.82) is 0 Å². The summed E-state index contributed by atoms with van der Waals surface area (Å²) in [5.41, 5.74) is 3.37. The first-order valence-electron chi connectivity index (χ1n) is 8.28. The van der Waals surface area contributed by atoms with Crippen molar-refractivity contribution in [1.82, 2.24) is 5.32 Å². The van der Waals surface area contributed by atoms with Crippen molar-refractivity contribution in [3.63, 3.8) is 0 Å². The third-order valence-corrected chi connectivity index (χ3v) is 6.59. The molecule has 3 aliphatic rings. The van der Waals surface area contributed by atoms with Gasteiger partial charge >= 0.3 is 6.36 Å². The zero-order valence-electron chi connectivity index (χ0n) is 13.6. The molecule has 0 amide bonds. The van der Waals surface area contributed by atoms with Crippen LogP contribution in [-0.4, -0.2) is 17.9 Å². The number of hydrogen-bond donors (Lipinski definition) is 1. The van der Waals surface area contributed by atoms with E-state index in [4.69, 9.17) is 0 Å². The molecular weight excluding hydrogens is 431 g/mol. The molecule has 3 nitrogen and oxygen atoms in total. The summed E-state index contributed by atoms with van der Waals surface area (Å²) in [5.74, 6) is 0.379. The Morgan fingerprint density at radius 1 is 1.19 bits per heavy atom. The third kappa shape index (κ3) is 3.29. The van der Waals surface area contributed by atoms with Crippen molar-refractivity contribution in [3.8, 4) is 5.75 Å². The molecule has 1 N–H and O–H groups in total. The number of Topliss-reactive ketones (excluding diaryl/α,β-unsaturated/α-hetero) is 1. The Balaban J connectivity index is 1.81. The first-order chi connectivity index (χ1) is 12.3. The molecule has 0 spiro atoms. The van der Waals surface area contributed by atoms with Crippen LogP contribution in [0, 0.1) is 0 Å². The van der Waals surface area contributed by atoms with Gasteiger partial charge in [0.05, 0.1) is 4.47 Å². The van der Waals surface area contributed by atoms with Crippen molar-refractivity contribution in [2.75, 3.05) is 5.75 Å². The van der Waals surface area contributed by atoms with Gasteiger partial charge in [0.15, 0.2) is 5.78 Å². The zero-order chi connectivity index (χ0) is 18.5. The standard InChI is InChI=1S/C18H15BrF3NO2S/c19-10-5-4-9(8-14(10)25-18(20,21)22)15-16-11(2-1-3-13(16)24)23-12-6-7-26-17(12)15/h4-5,8,15,23H,1-3,6-7H2. The number of alkyl halides is 3. The number of hydrogen-bond acceptors (Lipinski definition) is 4.